The minimum absolute atomic E-state index is 0.00320. The van der Waals surface area contributed by atoms with Gasteiger partial charge < -0.3 is 27.6 Å². The predicted octanol–water partition coefficient (Wildman–Crippen LogP) is 0.577. The number of carboxylic acid groups (broad SMARTS) is 1. The van der Waals surface area contributed by atoms with Crippen LogP contribution in [0.3, 0.4) is 0 Å². The van der Waals surface area contributed by atoms with Crippen molar-refractivity contribution < 1.29 is 33.9 Å². The first-order valence-electron chi connectivity index (χ1n) is 15.3. The molecule has 8 N–H and O–H groups in total. The van der Waals surface area contributed by atoms with Crippen LogP contribution in [0.4, 0.5) is 5.69 Å². The van der Waals surface area contributed by atoms with Gasteiger partial charge in [0.25, 0.3) is 11.8 Å². The first kappa shape index (κ1) is 37.7. The molecule has 1 fully saturated rings. The fraction of sp³-hybridized carbons (Fsp3) is 0.600. The first-order chi connectivity index (χ1) is 21.5. The number of imide groups is 1. The number of rotatable bonds is 20. The zero-order valence-corrected chi connectivity index (χ0v) is 26.9. The largest absolute Gasteiger partial charge is 0.480 e. The van der Waals surface area contributed by atoms with Crippen molar-refractivity contribution in [2.24, 2.45) is 17.2 Å². The summed E-state index contributed by atoms with van der Waals surface area (Å²) in [6, 6.07) is 3.73. The van der Waals surface area contributed by atoms with E-state index in [1.54, 1.807) is 30.3 Å². The molecule has 4 unspecified atom stereocenters. The van der Waals surface area contributed by atoms with E-state index >= 15 is 0 Å². The van der Waals surface area contributed by atoms with Gasteiger partial charge in [-0.1, -0.05) is 18.2 Å². The average molecular weight is 650 g/mol. The number of carbonyl (C=O) groups excluding carboxylic acids is 5. The molecule has 1 heterocycles. The summed E-state index contributed by atoms with van der Waals surface area (Å²) in [6.07, 6.45) is 2.43. The number of hydrogen-bond donors (Lipinski definition) is 5. The fourth-order valence-electron chi connectivity index (χ4n) is 5.05. The molecule has 1 aromatic rings. The van der Waals surface area contributed by atoms with Crippen molar-refractivity contribution in [3.8, 4) is 0 Å². The topological polar surface area (TPSA) is 222 Å². The zero-order valence-electron chi connectivity index (χ0n) is 26.1. The van der Waals surface area contributed by atoms with Crippen LogP contribution in [0, 0.1) is 0 Å². The number of carboxylic acids is 1. The summed E-state index contributed by atoms with van der Waals surface area (Å²) >= 11 is 1.01. The van der Waals surface area contributed by atoms with Gasteiger partial charge >= 0.3 is 5.97 Å². The Morgan fingerprint density at radius 1 is 0.889 bits per heavy atom. The highest BCUT2D eigenvalue weighted by atomic mass is 32.2. The third-order valence-electron chi connectivity index (χ3n) is 7.50. The van der Waals surface area contributed by atoms with Gasteiger partial charge in [-0.05, 0) is 89.5 Å². The lowest BCUT2D eigenvalue weighted by Crippen LogP contribution is -2.58. The van der Waals surface area contributed by atoms with Crippen molar-refractivity contribution in [3.05, 3.63) is 30.3 Å². The second kappa shape index (κ2) is 19.1. The lowest BCUT2D eigenvalue weighted by atomic mass is 10.0. The molecule has 2 rings (SSSR count). The number of nitrogens with zero attached hydrogens (tertiary/aromatic N) is 3. The highest BCUT2D eigenvalue weighted by molar-refractivity contribution is 7.97. The van der Waals surface area contributed by atoms with Gasteiger partial charge in [0.15, 0.2) is 0 Å². The molecular formula is C30H47N7O7S. The number of hydrogen-bond acceptors (Lipinski definition) is 10. The molecule has 0 aliphatic carbocycles. The van der Waals surface area contributed by atoms with E-state index < -0.39 is 59.7 Å². The maximum absolute atomic E-state index is 14.6. The molecule has 1 aliphatic rings. The number of para-hydroxylation sites is 1. The minimum atomic E-state index is -1.21. The molecule has 0 spiro atoms. The lowest BCUT2D eigenvalue weighted by Gasteiger charge is -2.38. The van der Waals surface area contributed by atoms with Crippen LogP contribution in [-0.2, 0) is 28.8 Å². The van der Waals surface area contributed by atoms with Crippen molar-refractivity contribution in [1.82, 2.24) is 14.5 Å². The van der Waals surface area contributed by atoms with Crippen LogP contribution in [-0.4, -0.2) is 99.4 Å². The second-order valence-corrected chi connectivity index (χ2v) is 11.9. The Labute approximate surface area is 268 Å². The van der Waals surface area contributed by atoms with Gasteiger partial charge in [-0.2, -0.15) is 0 Å². The fourth-order valence-corrected chi connectivity index (χ4v) is 6.01. The van der Waals surface area contributed by atoms with Crippen LogP contribution in [0.15, 0.2) is 30.3 Å². The Morgan fingerprint density at radius 3 is 2.00 bits per heavy atom. The standard InChI is InChI=1S/C30H47N7O7S/c1-20(27(40)34-23(30(43)44)12-6-8-16-31)35(22-10-4-3-5-11-22)29(42)24(13-7-9-17-32)37(45-19-18-33)28(41)21(2)36-25(38)14-15-26(36)39/h3-5,10-11,20-21,23-24H,6-9,12-19,31-33H2,1-2H3,(H,34,40)(H,43,44). The van der Waals surface area contributed by atoms with E-state index in [0.717, 1.165) is 16.8 Å². The Kier molecular flexibility index (Phi) is 16.0. The summed E-state index contributed by atoms with van der Waals surface area (Å²) in [5, 5.41) is 12.3. The molecule has 14 nitrogen and oxygen atoms in total. The number of anilines is 1. The van der Waals surface area contributed by atoms with Crippen LogP contribution in [0.25, 0.3) is 0 Å². The van der Waals surface area contributed by atoms with E-state index in [2.05, 4.69) is 5.32 Å². The summed E-state index contributed by atoms with van der Waals surface area (Å²) in [5.41, 5.74) is 17.4. The molecule has 0 saturated carbocycles. The quantitative estimate of drug-likeness (QED) is 0.0746. The molecule has 1 aliphatic heterocycles. The molecule has 45 heavy (non-hydrogen) atoms. The van der Waals surface area contributed by atoms with E-state index in [1.165, 1.54) is 23.1 Å². The highest BCUT2D eigenvalue weighted by Crippen LogP contribution is 2.28. The van der Waals surface area contributed by atoms with Crippen LogP contribution in [0.1, 0.15) is 65.2 Å². The van der Waals surface area contributed by atoms with Gasteiger partial charge in [0.2, 0.25) is 17.7 Å². The Bertz CT molecular complexity index is 1160. The molecule has 0 bridgehead atoms. The Hall–Kier alpha value is -3.53. The molecule has 5 amide bonds. The predicted molar refractivity (Wildman–Crippen MR) is 171 cm³/mol. The van der Waals surface area contributed by atoms with Crippen LogP contribution in [0.2, 0.25) is 0 Å². The summed E-state index contributed by atoms with van der Waals surface area (Å²) in [7, 11) is 0. The highest BCUT2D eigenvalue weighted by Gasteiger charge is 2.43. The van der Waals surface area contributed by atoms with Gasteiger partial charge in [0.05, 0.1) is 0 Å². The number of amides is 5. The molecule has 250 valence electrons. The van der Waals surface area contributed by atoms with E-state index in [9.17, 15) is 33.9 Å². The Balaban J connectivity index is 2.53. The average Bonchev–Trinajstić information content (AvgIpc) is 3.36. The number of likely N-dealkylation sites (tertiary alicyclic amines) is 1. The van der Waals surface area contributed by atoms with Gasteiger partial charge in [-0.3, -0.25) is 38.1 Å². The van der Waals surface area contributed by atoms with Gasteiger partial charge in [-0.25, -0.2) is 4.79 Å². The van der Waals surface area contributed by atoms with Crippen LogP contribution >= 0.6 is 11.9 Å². The number of nitrogens with one attached hydrogen (secondary N) is 1. The number of benzene rings is 1. The van der Waals surface area contributed by atoms with Crippen molar-refractivity contribution in [2.45, 2.75) is 89.4 Å². The molecule has 4 atom stereocenters. The molecular weight excluding hydrogens is 602 g/mol. The first-order valence-corrected chi connectivity index (χ1v) is 16.3. The van der Waals surface area contributed by atoms with Crippen molar-refractivity contribution in [1.29, 1.82) is 0 Å². The van der Waals surface area contributed by atoms with Crippen molar-refractivity contribution >= 4 is 53.1 Å². The van der Waals surface area contributed by atoms with Gasteiger partial charge in [0, 0.05) is 30.8 Å². The van der Waals surface area contributed by atoms with Crippen LogP contribution in [0.5, 0.6) is 0 Å². The molecule has 0 aromatic heterocycles. The van der Waals surface area contributed by atoms with Gasteiger partial charge in [0.1, 0.15) is 24.2 Å². The maximum Gasteiger partial charge on any atom is 0.326 e. The molecule has 0 radical (unpaired) electrons. The van der Waals surface area contributed by atoms with Crippen molar-refractivity contribution in [2.75, 3.05) is 30.3 Å². The SMILES string of the molecule is CC(C(=O)N(SCCN)C(CCCCN)C(=O)N(c1ccccc1)C(C)C(=O)NC(CCCCN)C(=O)O)N1C(=O)CCC1=O. The number of nitrogens with two attached hydrogens (primary N) is 3. The van der Waals surface area contributed by atoms with Gasteiger partial charge in [-0.15, -0.1) is 0 Å². The summed E-state index contributed by atoms with van der Waals surface area (Å²) in [5.74, 6) is -3.80. The van der Waals surface area contributed by atoms with Crippen molar-refractivity contribution in [3.63, 3.8) is 0 Å². The van der Waals surface area contributed by atoms with E-state index in [0.29, 0.717) is 44.5 Å². The molecule has 15 heteroatoms. The normalized spacial score (nSPS) is 15.7. The van der Waals surface area contributed by atoms with E-state index in [1.807, 2.05) is 0 Å². The lowest BCUT2D eigenvalue weighted by molar-refractivity contribution is -0.149. The second-order valence-electron chi connectivity index (χ2n) is 10.8. The summed E-state index contributed by atoms with van der Waals surface area (Å²) < 4.78 is 1.27. The summed E-state index contributed by atoms with van der Waals surface area (Å²) in [6.45, 7) is 3.84. The zero-order chi connectivity index (χ0) is 33.5. The number of aliphatic carboxylic acids is 1. The molecule has 1 saturated heterocycles. The van der Waals surface area contributed by atoms with E-state index in [4.69, 9.17) is 17.2 Å². The third kappa shape index (κ3) is 10.5. The smallest absolute Gasteiger partial charge is 0.326 e. The number of unbranched alkanes of at least 4 members (excludes halogenated alkanes) is 2. The van der Waals surface area contributed by atoms with Crippen LogP contribution < -0.4 is 27.4 Å². The minimum Gasteiger partial charge on any atom is -0.480 e. The maximum atomic E-state index is 14.6. The Morgan fingerprint density at radius 2 is 1.47 bits per heavy atom. The number of carbonyl (C=O) groups is 6. The van der Waals surface area contributed by atoms with E-state index in [-0.39, 0.29) is 38.0 Å². The monoisotopic (exact) mass is 649 g/mol. The summed E-state index contributed by atoms with van der Waals surface area (Å²) in [4.78, 5) is 81.2. The molecule has 1 aromatic carbocycles. The third-order valence-corrected chi connectivity index (χ3v) is 8.63.